The van der Waals surface area contributed by atoms with Crippen LogP contribution in [0.25, 0.3) is 0 Å². The normalized spacial score (nSPS) is 17.6. The average molecular weight is 517 g/mol. The SMILES string of the molecule is COc1ccc(CCNC(=O)[C@@H]2c3cc(OC)c(OC)cc3C(=O)N3CCc4ccccc4[C@@H]23)cc1OC. The molecule has 0 bridgehead atoms. The van der Waals surface area contributed by atoms with E-state index in [2.05, 4.69) is 11.4 Å². The predicted molar refractivity (Wildman–Crippen MR) is 142 cm³/mol. The maximum atomic E-state index is 13.9. The summed E-state index contributed by atoms with van der Waals surface area (Å²) in [4.78, 5) is 29.4. The van der Waals surface area contributed by atoms with Gasteiger partial charge in [-0.15, -0.1) is 0 Å². The predicted octanol–water partition coefficient (Wildman–Crippen LogP) is 3.92. The van der Waals surface area contributed by atoms with Crippen molar-refractivity contribution >= 4 is 11.8 Å². The Labute approximate surface area is 222 Å². The van der Waals surface area contributed by atoms with Crippen LogP contribution in [0.5, 0.6) is 23.0 Å². The van der Waals surface area contributed by atoms with Crippen molar-refractivity contribution in [3.63, 3.8) is 0 Å². The largest absolute Gasteiger partial charge is 0.493 e. The van der Waals surface area contributed by atoms with Crippen molar-refractivity contribution in [1.29, 1.82) is 0 Å². The number of hydrogen-bond acceptors (Lipinski definition) is 6. The molecule has 198 valence electrons. The van der Waals surface area contributed by atoms with Gasteiger partial charge in [-0.1, -0.05) is 30.3 Å². The summed E-state index contributed by atoms with van der Waals surface area (Å²) in [5, 5.41) is 3.13. The summed E-state index contributed by atoms with van der Waals surface area (Å²) >= 11 is 0. The minimum Gasteiger partial charge on any atom is -0.493 e. The van der Waals surface area contributed by atoms with E-state index in [-0.39, 0.29) is 11.8 Å². The number of methoxy groups -OCH3 is 4. The third-order valence-electron chi connectivity index (χ3n) is 7.47. The van der Waals surface area contributed by atoms with Gasteiger partial charge in [-0.25, -0.2) is 0 Å². The Morgan fingerprint density at radius 2 is 1.55 bits per heavy atom. The molecule has 0 saturated heterocycles. The van der Waals surface area contributed by atoms with Crippen molar-refractivity contribution in [2.75, 3.05) is 41.5 Å². The van der Waals surface area contributed by atoms with E-state index in [0.717, 1.165) is 23.1 Å². The van der Waals surface area contributed by atoms with Crippen LogP contribution in [0, 0.1) is 0 Å². The van der Waals surface area contributed by atoms with Gasteiger partial charge in [0.05, 0.1) is 40.4 Å². The van der Waals surface area contributed by atoms with Crippen molar-refractivity contribution in [2.24, 2.45) is 0 Å². The first kappa shape index (κ1) is 25.4. The molecule has 8 nitrogen and oxygen atoms in total. The van der Waals surface area contributed by atoms with E-state index in [9.17, 15) is 9.59 Å². The van der Waals surface area contributed by atoms with E-state index >= 15 is 0 Å². The van der Waals surface area contributed by atoms with Crippen LogP contribution < -0.4 is 24.3 Å². The highest BCUT2D eigenvalue weighted by molar-refractivity contribution is 6.02. The van der Waals surface area contributed by atoms with E-state index < -0.39 is 12.0 Å². The zero-order valence-electron chi connectivity index (χ0n) is 22.1. The monoisotopic (exact) mass is 516 g/mol. The second-order valence-corrected chi connectivity index (χ2v) is 9.39. The molecular weight excluding hydrogens is 484 g/mol. The minimum atomic E-state index is -0.602. The fraction of sp³-hybridized carbons (Fsp3) is 0.333. The lowest BCUT2D eigenvalue weighted by Gasteiger charge is -2.45. The number of fused-ring (bicyclic) bond motifs is 4. The van der Waals surface area contributed by atoms with E-state index in [1.54, 1.807) is 33.5 Å². The Bertz CT molecular complexity index is 1370. The quantitative estimate of drug-likeness (QED) is 0.489. The van der Waals surface area contributed by atoms with Crippen molar-refractivity contribution in [1.82, 2.24) is 10.2 Å². The van der Waals surface area contributed by atoms with Gasteiger partial charge in [0.2, 0.25) is 5.91 Å². The molecule has 2 aliphatic heterocycles. The van der Waals surface area contributed by atoms with Crippen LogP contribution in [0.15, 0.2) is 54.6 Å². The molecule has 38 heavy (non-hydrogen) atoms. The van der Waals surface area contributed by atoms with Gasteiger partial charge in [-0.2, -0.15) is 0 Å². The van der Waals surface area contributed by atoms with Crippen LogP contribution in [-0.2, 0) is 17.6 Å². The van der Waals surface area contributed by atoms with Gasteiger partial charge in [-0.3, -0.25) is 9.59 Å². The Balaban J connectivity index is 1.49. The highest BCUT2D eigenvalue weighted by Crippen LogP contribution is 2.48. The molecule has 0 saturated carbocycles. The fourth-order valence-electron chi connectivity index (χ4n) is 5.61. The summed E-state index contributed by atoms with van der Waals surface area (Å²) in [7, 11) is 6.29. The van der Waals surface area contributed by atoms with Gasteiger partial charge in [0, 0.05) is 18.7 Å². The van der Waals surface area contributed by atoms with Gasteiger partial charge in [-0.05, 0) is 59.4 Å². The number of nitrogens with one attached hydrogen (secondary N) is 1. The number of ether oxygens (including phenoxy) is 4. The number of hydrogen-bond donors (Lipinski definition) is 1. The van der Waals surface area contributed by atoms with Crippen molar-refractivity contribution in [3.8, 4) is 23.0 Å². The van der Waals surface area contributed by atoms with Crippen LogP contribution in [0.3, 0.4) is 0 Å². The van der Waals surface area contributed by atoms with Crippen molar-refractivity contribution < 1.29 is 28.5 Å². The first-order valence-corrected chi connectivity index (χ1v) is 12.6. The van der Waals surface area contributed by atoms with E-state index in [1.807, 2.05) is 41.3 Å². The van der Waals surface area contributed by atoms with E-state index in [0.29, 0.717) is 53.6 Å². The van der Waals surface area contributed by atoms with Crippen LogP contribution in [0.4, 0.5) is 0 Å². The van der Waals surface area contributed by atoms with Gasteiger partial charge >= 0.3 is 0 Å². The third-order valence-corrected chi connectivity index (χ3v) is 7.47. The molecule has 0 aromatic heterocycles. The summed E-state index contributed by atoms with van der Waals surface area (Å²) in [5.74, 6) is 1.40. The minimum absolute atomic E-state index is 0.102. The second-order valence-electron chi connectivity index (χ2n) is 9.39. The first-order valence-electron chi connectivity index (χ1n) is 12.6. The first-order chi connectivity index (χ1) is 18.5. The van der Waals surface area contributed by atoms with Crippen LogP contribution in [0.2, 0.25) is 0 Å². The summed E-state index contributed by atoms with van der Waals surface area (Å²) in [6.07, 6.45) is 1.36. The molecule has 2 heterocycles. The summed E-state index contributed by atoms with van der Waals surface area (Å²) in [6.45, 7) is 0.972. The molecule has 0 radical (unpaired) electrons. The van der Waals surface area contributed by atoms with Gasteiger partial charge in [0.25, 0.3) is 5.91 Å². The topological polar surface area (TPSA) is 86.3 Å². The van der Waals surface area contributed by atoms with Crippen LogP contribution in [0.1, 0.15) is 44.6 Å². The smallest absolute Gasteiger partial charge is 0.254 e. The standard InChI is InChI=1S/C30H32N2O6/c1-35-23-10-9-18(15-24(23)36-2)11-13-31-29(33)27-21-16-25(37-3)26(38-4)17-22(21)30(34)32-14-12-19-7-5-6-8-20(19)28(27)32/h5-10,15-17,27-28H,11-14H2,1-4H3,(H,31,33)/t27-,28+/m1/s1. The number of carbonyl (C=O) groups excluding carboxylic acids is 2. The fourth-order valence-corrected chi connectivity index (χ4v) is 5.61. The Hall–Kier alpha value is -4.20. The molecule has 2 atom stereocenters. The highest BCUT2D eigenvalue weighted by Gasteiger charge is 2.46. The van der Waals surface area contributed by atoms with Gasteiger partial charge in [0.15, 0.2) is 23.0 Å². The molecule has 0 aliphatic carbocycles. The van der Waals surface area contributed by atoms with Gasteiger partial charge < -0.3 is 29.2 Å². The lowest BCUT2D eigenvalue weighted by Crippen LogP contribution is -2.50. The molecule has 3 aromatic rings. The maximum absolute atomic E-state index is 13.9. The molecule has 2 aliphatic rings. The Morgan fingerprint density at radius 3 is 2.29 bits per heavy atom. The maximum Gasteiger partial charge on any atom is 0.254 e. The zero-order chi connectivity index (χ0) is 26.8. The van der Waals surface area contributed by atoms with Crippen molar-refractivity contribution in [2.45, 2.75) is 24.8 Å². The van der Waals surface area contributed by atoms with Crippen LogP contribution in [-0.4, -0.2) is 58.2 Å². The third kappa shape index (κ3) is 4.40. The molecule has 2 amide bonds. The number of rotatable bonds is 8. The number of carbonyl (C=O) groups is 2. The molecule has 0 unspecified atom stereocenters. The molecule has 0 fully saturated rings. The van der Waals surface area contributed by atoms with Crippen LogP contribution >= 0.6 is 0 Å². The number of nitrogens with zero attached hydrogens (tertiary/aromatic N) is 1. The Kier molecular flexibility index (Phi) is 7.13. The average Bonchev–Trinajstić information content (AvgIpc) is 2.96. The second kappa shape index (κ2) is 10.7. The molecular formula is C30H32N2O6. The summed E-state index contributed by atoms with van der Waals surface area (Å²) in [6, 6.07) is 16.9. The van der Waals surface area contributed by atoms with Crippen molar-refractivity contribution in [3.05, 3.63) is 82.4 Å². The molecule has 3 aromatic carbocycles. The van der Waals surface area contributed by atoms with Gasteiger partial charge in [0.1, 0.15) is 0 Å². The summed E-state index contributed by atoms with van der Waals surface area (Å²) in [5.41, 5.74) is 4.30. The molecule has 0 spiro atoms. The lowest BCUT2D eigenvalue weighted by molar-refractivity contribution is -0.124. The zero-order valence-corrected chi connectivity index (χ0v) is 22.1. The summed E-state index contributed by atoms with van der Waals surface area (Å²) < 4.78 is 21.8. The van der Waals surface area contributed by atoms with E-state index in [1.165, 1.54) is 7.11 Å². The number of benzene rings is 3. The molecule has 8 heteroatoms. The van der Waals surface area contributed by atoms with E-state index in [4.69, 9.17) is 18.9 Å². The Morgan fingerprint density at radius 1 is 0.868 bits per heavy atom. The number of amides is 2. The molecule has 5 rings (SSSR count). The highest BCUT2D eigenvalue weighted by atomic mass is 16.5. The molecule has 1 N–H and O–H groups in total. The lowest BCUT2D eigenvalue weighted by atomic mass is 9.75.